The molecular weight excluding hydrogens is 647 g/mol. The molecule has 2 aliphatic heterocycles. The largest absolute Gasteiger partial charge is 0.395 e. The number of aliphatic hydroxyl groups is 1. The Morgan fingerprint density at radius 2 is 1.75 bits per heavy atom. The predicted octanol–water partition coefficient (Wildman–Crippen LogP) is 5.85. The Labute approximate surface area is 295 Å². The summed E-state index contributed by atoms with van der Waals surface area (Å²) in [6, 6.07) is 16.8. The van der Waals surface area contributed by atoms with E-state index in [9.17, 15) is 23.9 Å². The van der Waals surface area contributed by atoms with Gasteiger partial charge >= 0.3 is 5.69 Å². The van der Waals surface area contributed by atoms with Crippen molar-refractivity contribution in [2.45, 2.75) is 89.4 Å². The second-order valence-electron chi connectivity index (χ2n) is 14.5. The third-order valence-corrected chi connectivity index (χ3v) is 11.2. The number of rotatable bonds is 9. The fraction of sp³-hybridized carbons (Fsp3) is 0.425. The Morgan fingerprint density at radius 3 is 2.53 bits per heavy atom. The van der Waals surface area contributed by atoms with Gasteiger partial charge in [-0.1, -0.05) is 36.4 Å². The van der Waals surface area contributed by atoms with Crippen LogP contribution < -0.4 is 11.2 Å². The number of benzene rings is 2. The number of imidazole rings is 1. The number of hydrogen-bond donors (Lipinski definition) is 1. The van der Waals surface area contributed by atoms with Gasteiger partial charge in [-0.2, -0.15) is 0 Å². The quantitative estimate of drug-likeness (QED) is 0.193. The predicted molar refractivity (Wildman–Crippen MR) is 193 cm³/mol. The monoisotopic (exact) mass is 690 g/mol. The normalized spacial score (nSPS) is 20.9. The van der Waals surface area contributed by atoms with Crippen LogP contribution in [0.1, 0.15) is 85.7 Å². The number of hydrogen-bond acceptors (Lipinski definition) is 7. The number of aliphatic hydroxyl groups excluding tert-OH is 1. The molecule has 11 heteroatoms. The summed E-state index contributed by atoms with van der Waals surface area (Å²) >= 11 is 0. The maximum absolute atomic E-state index is 14.5. The summed E-state index contributed by atoms with van der Waals surface area (Å²) in [5, 5.41) is 9.76. The molecule has 0 unspecified atom stereocenters. The van der Waals surface area contributed by atoms with Gasteiger partial charge in [0, 0.05) is 44.2 Å². The zero-order valence-corrected chi connectivity index (χ0v) is 28.7. The second kappa shape index (κ2) is 14.1. The van der Waals surface area contributed by atoms with E-state index < -0.39 is 17.1 Å². The van der Waals surface area contributed by atoms with Crippen LogP contribution in [-0.4, -0.2) is 58.7 Å². The minimum absolute atomic E-state index is 0.0450. The molecule has 1 atom stereocenters. The van der Waals surface area contributed by atoms with Crippen LogP contribution in [0.25, 0.3) is 27.8 Å². The first kappa shape index (κ1) is 33.4. The third-order valence-electron chi connectivity index (χ3n) is 11.2. The summed E-state index contributed by atoms with van der Waals surface area (Å²) in [4.78, 5) is 52.6. The van der Waals surface area contributed by atoms with Crippen LogP contribution in [-0.2, 0) is 19.5 Å². The van der Waals surface area contributed by atoms with Crippen LogP contribution in [0.3, 0.4) is 0 Å². The van der Waals surface area contributed by atoms with E-state index in [0.29, 0.717) is 43.5 Å². The molecule has 0 bridgehead atoms. The van der Waals surface area contributed by atoms with Crippen molar-refractivity contribution in [1.29, 1.82) is 0 Å². The minimum Gasteiger partial charge on any atom is -0.395 e. The lowest BCUT2D eigenvalue weighted by Crippen LogP contribution is -2.43. The van der Waals surface area contributed by atoms with Gasteiger partial charge in [0.15, 0.2) is 11.4 Å². The Bertz CT molecular complexity index is 2170. The number of likely N-dealkylation sites (tertiary alicyclic amines) is 1. The van der Waals surface area contributed by atoms with Crippen LogP contribution in [0.4, 0.5) is 4.39 Å². The van der Waals surface area contributed by atoms with Crippen LogP contribution in [0.15, 0.2) is 76.6 Å². The molecule has 10 nitrogen and oxygen atoms in total. The van der Waals surface area contributed by atoms with E-state index >= 15 is 0 Å². The van der Waals surface area contributed by atoms with E-state index in [1.807, 2.05) is 24.4 Å². The number of Topliss-reactive ketones (excluding diaryl/α,β-unsaturated/α-hetero) is 1. The molecule has 264 valence electrons. The highest BCUT2D eigenvalue weighted by Gasteiger charge is 2.29. The number of aromatic nitrogens is 5. The van der Waals surface area contributed by atoms with Crippen LogP contribution in [0, 0.1) is 11.7 Å². The van der Waals surface area contributed by atoms with Crippen molar-refractivity contribution in [3.63, 3.8) is 0 Å². The lowest BCUT2D eigenvalue weighted by atomic mass is 9.82. The smallest absolute Gasteiger partial charge is 0.337 e. The van der Waals surface area contributed by atoms with Gasteiger partial charge < -0.3 is 9.67 Å². The number of aryl methyl sites for hydroxylation is 2. The first-order chi connectivity index (χ1) is 24.9. The molecule has 1 N–H and O–H groups in total. The van der Waals surface area contributed by atoms with Gasteiger partial charge in [-0.3, -0.25) is 19.1 Å². The van der Waals surface area contributed by atoms with Gasteiger partial charge in [-0.05, 0) is 98.7 Å². The van der Waals surface area contributed by atoms with Gasteiger partial charge in [0.1, 0.15) is 17.3 Å². The summed E-state index contributed by atoms with van der Waals surface area (Å²) < 4.78 is 19.4. The number of nitrogens with zero attached hydrogens (tertiary/aromatic N) is 6. The lowest BCUT2D eigenvalue weighted by molar-refractivity contribution is 0.0938. The molecule has 5 heterocycles. The lowest BCUT2D eigenvalue weighted by Gasteiger charge is -2.29. The van der Waals surface area contributed by atoms with Gasteiger partial charge in [0.25, 0.3) is 5.56 Å². The van der Waals surface area contributed by atoms with E-state index in [4.69, 9.17) is 0 Å². The van der Waals surface area contributed by atoms with E-state index in [1.165, 1.54) is 9.13 Å². The number of ketones is 1. The second-order valence-corrected chi connectivity index (χ2v) is 14.5. The van der Waals surface area contributed by atoms with E-state index in [1.54, 1.807) is 6.07 Å². The molecule has 51 heavy (non-hydrogen) atoms. The molecule has 1 aliphatic carbocycles. The van der Waals surface area contributed by atoms with E-state index in [-0.39, 0.29) is 41.4 Å². The molecule has 5 aromatic rings. The fourth-order valence-corrected chi connectivity index (χ4v) is 8.43. The van der Waals surface area contributed by atoms with E-state index in [0.717, 1.165) is 86.5 Å². The van der Waals surface area contributed by atoms with Crippen molar-refractivity contribution in [2.24, 2.45) is 5.92 Å². The van der Waals surface area contributed by atoms with Crippen molar-refractivity contribution in [2.75, 3.05) is 13.2 Å². The van der Waals surface area contributed by atoms with Crippen LogP contribution in [0.2, 0.25) is 0 Å². The molecular formula is C40H43FN6O4. The van der Waals surface area contributed by atoms with Crippen molar-refractivity contribution in [3.8, 4) is 16.8 Å². The van der Waals surface area contributed by atoms with Crippen LogP contribution in [0.5, 0.6) is 0 Å². The Morgan fingerprint density at radius 1 is 0.922 bits per heavy atom. The van der Waals surface area contributed by atoms with Gasteiger partial charge in [-0.25, -0.2) is 23.7 Å². The zero-order chi connectivity index (χ0) is 35.1. The minimum atomic E-state index is -0.646. The standard InChI is InChI=1S/C40H43FN6O4/c41-30-21-34-38(42-22-30)46(32-6-3-5-29(20-32)28-13-9-27(10-14-28)23-44-18-4-7-33(44)25-48)40(51)47(39(34)50)31-15-11-26(12-16-31)19-36(49)35-24-45-17-2-1-8-37(45)43-35/h3,5-6,9-10,13-14,20-22,24,26,31,33,48H,1-2,4,7-8,11-12,15-19,23,25H2/t26?,31?,33-/m0/s1. The highest BCUT2D eigenvalue weighted by molar-refractivity contribution is 5.94. The first-order valence-corrected chi connectivity index (χ1v) is 18.3. The number of pyridine rings is 1. The average Bonchev–Trinajstić information content (AvgIpc) is 3.80. The fourth-order valence-electron chi connectivity index (χ4n) is 8.43. The SMILES string of the molecule is O=C(CC1CCC(n2c(=O)c3cc(F)cnc3n(-c3cccc(-c4ccc(CN5CCC[C@H]5CO)cc4)c3)c2=O)CC1)c1cn2c(n1)CCCC2. The van der Waals surface area contributed by atoms with Crippen molar-refractivity contribution < 1.29 is 14.3 Å². The summed E-state index contributed by atoms with van der Waals surface area (Å²) in [5.41, 5.74) is 3.14. The first-order valence-electron chi connectivity index (χ1n) is 18.3. The summed E-state index contributed by atoms with van der Waals surface area (Å²) in [6.07, 6.45) is 11.0. The zero-order valence-electron chi connectivity index (χ0n) is 28.7. The maximum atomic E-state index is 14.5. The molecule has 0 spiro atoms. The third kappa shape index (κ3) is 6.60. The Kier molecular flexibility index (Phi) is 9.24. The highest BCUT2D eigenvalue weighted by Crippen LogP contribution is 2.34. The Balaban J connectivity index is 1.05. The number of fused-ring (bicyclic) bond motifs is 2. The molecule has 0 amide bonds. The highest BCUT2D eigenvalue weighted by atomic mass is 19.1. The average molecular weight is 691 g/mol. The van der Waals surface area contributed by atoms with Crippen molar-refractivity contribution in [3.05, 3.63) is 111 Å². The Hall–Kier alpha value is -4.74. The van der Waals surface area contributed by atoms with Crippen molar-refractivity contribution >= 4 is 16.8 Å². The molecule has 1 saturated heterocycles. The summed E-state index contributed by atoms with van der Waals surface area (Å²) in [7, 11) is 0. The van der Waals surface area contributed by atoms with Crippen molar-refractivity contribution in [1.82, 2.24) is 28.6 Å². The maximum Gasteiger partial charge on any atom is 0.337 e. The van der Waals surface area contributed by atoms with Gasteiger partial charge in [0.2, 0.25) is 0 Å². The molecule has 3 aromatic heterocycles. The number of halogens is 1. The molecule has 8 rings (SSSR count). The molecule has 2 fully saturated rings. The van der Waals surface area contributed by atoms with E-state index in [2.05, 4.69) is 43.7 Å². The molecule has 0 radical (unpaired) electrons. The summed E-state index contributed by atoms with van der Waals surface area (Å²) in [6.45, 7) is 2.83. The molecule has 3 aliphatic rings. The van der Waals surface area contributed by atoms with Gasteiger partial charge in [-0.15, -0.1) is 0 Å². The molecule has 1 saturated carbocycles. The molecule has 2 aromatic carbocycles. The van der Waals surface area contributed by atoms with Crippen LogP contribution >= 0.6 is 0 Å². The number of carbonyl (C=O) groups is 1. The van der Waals surface area contributed by atoms with Gasteiger partial charge in [0.05, 0.1) is 23.9 Å². The summed E-state index contributed by atoms with van der Waals surface area (Å²) in [5.74, 6) is 0.524. The number of carbonyl (C=O) groups excluding carboxylic acids is 1. The topological polar surface area (TPSA) is 115 Å².